The number of aromatic nitrogens is 1. The van der Waals surface area contributed by atoms with Crippen molar-refractivity contribution in [3.8, 4) is 17.1 Å². The third-order valence-corrected chi connectivity index (χ3v) is 6.00. The molecule has 0 spiro atoms. The summed E-state index contributed by atoms with van der Waals surface area (Å²) in [6.07, 6.45) is 4.12. The van der Waals surface area contributed by atoms with Crippen molar-refractivity contribution in [2.45, 2.75) is 44.3 Å². The van der Waals surface area contributed by atoms with E-state index in [0.717, 1.165) is 43.6 Å². The lowest BCUT2D eigenvalue weighted by molar-refractivity contribution is -0.121. The summed E-state index contributed by atoms with van der Waals surface area (Å²) in [5.41, 5.74) is 1.00. The second-order valence-electron chi connectivity index (χ2n) is 8.38. The van der Waals surface area contributed by atoms with Gasteiger partial charge >= 0.3 is 0 Å². The van der Waals surface area contributed by atoms with Crippen molar-refractivity contribution < 1.29 is 28.3 Å². The number of methoxy groups -OCH3 is 1. The van der Waals surface area contributed by atoms with Crippen LogP contribution in [0, 0.1) is 0 Å². The number of carbonyl (C=O) groups is 2. The van der Waals surface area contributed by atoms with Gasteiger partial charge in [0.25, 0.3) is 5.91 Å². The fraction of sp³-hybridized carbons (Fsp3) is 0.542. The number of ether oxygens (including phenoxy) is 3. The molecule has 1 N–H and O–H groups in total. The highest BCUT2D eigenvalue weighted by Crippen LogP contribution is 2.24. The van der Waals surface area contributed by atoms with E-state index in [1.165, 1.54) is 0 Å². The number of hydrogen-bond donors (Lipinski definition) is 1. The molecule has 2 fully saturated rings. The van der Waals surface area contributed by atoms with Crippen molar-refractivity contribution in [2.75, 3.05) is 40.0 Å². The van der Waals surface area contributed by atoms with Gasteiger partial charge in [-0.2, -0.15) is 0 Å². The highest BCUT2D eigenvalue weighted by molar-refractivity contribution is 5.93. The van der Waals surface area contributed by atoms with Crippen LogP contribution in [0.4, 0.5) is 0 Å². The van der Waals surface area contributed by atoms with Crippen LogP contribution in [0.3, 0.4) is 0 Å². The van der Waals surface area contributed by atoms with E-state index in [1.807, 2.05) is 24.3 Å². The molecule has 0 bridgehead atoms. The lowest BCUT2D eigenvalue weighted by Gasteiger charge is -2.24. The molecule has 9 heteroatoms. The monoisotopic (exact) mass is 457 g/mol. The van der Waals surface area contributed by atoms with E-state index in [1.54, 1.807) is 18.1 Å². The Labute approximate surface area is 193 Å². The summed E-state index contributed by atoms with van der Waals surface area (Å²) in [6.45, 7) is 2.65. The van der Waals surface area contributed by atoms with Gasteiger partial charge in [0.15, 0.2) is 11.5 Å². The molecule has 0 aliphatic carbocycles. The maximum atomic E-state index is 13.2. The second-order valence-corrected chi connectivity index (χ2v) is 8.38. The fourth-order valence-corrected chi connectivity index (χ4v) is 4.10. The Morgan fingerprint density at radius 2 is 1.85 bits per heavy atom. The molecule has 3 heterocycles. The van der Waals surface area contributed by atoms with E-state index >= 15 is 0 Å². The van der Waals surface area contributed by atoms with E-state index in [-0.39, 0.29) is 42.7 Å². The minimum absolute atomic E-state index is 0.0307. The molecule has 2 atom stereocenters. The molecule has 4 rings (SSSR count). The van der Waals surface area contributed by atoms with Crippen LogP contribution in [-0.2, 0) is 14.3 Å². The number of carbonyl (C=O) groups excluding carboxylic acids is 2. The quantitative estimate of drug-likeness (QED) is 0.585. The lowest BCUT2D eigenvalue weighted by atomic mass is 10.1. The first kappa shape index (κ1) is 23.3. The van der Waals surface area contributed by atoms with Crippen LogP contribution in [0.25, 0.3) is 11.3 Å². The Morgan fingerprint density at radius 1 is 1.12 bits per heavy atom. The Hall–Kier alpha value is -2.91. The first-order valence-electron chi connectivity index (χ1n) is 11.5. The fourth-order valence-electron chi connectivity index (χ4n) is 4.10. The Bertz CT molecular complexity index is 917. The van der Waals surface area contributed by atoms with Gasteiger partial charge in [-0.3, -0.25) is 9.59 Å². The Kier molecular flexibility index (Phi) is 7.96. The van der Waals surface area contributed by atoms with Crippen molar-refractivity contribution in [3.63, 3.8) is 0 Å². The third-order valence-electron chi connectivity index (χ3n) is 6.00. The molecule has 1 aromatic heterocycles. The summed E-state index contributed by atoms with van der Waals surface area (Å²) >= 11 is 0. The zero-order valence-electron chi connectivity index (χ0n) is 19.0. The average Bonchev–Trinajstić information content (AvgIpc) is 3.63. The van der Waals surface area contributed by atoms with Crippen molar-refractivity contribution in [2.24, 2.45) is 0 Å². The van der Waals surface area contributed by atoms with Crippen LogP contribution in [0.1, 0.15) is 42.6 Å². The van der Waals surface area contributed by atoms with Crippen LogP contribution >= 0.6 is 0 Å². The number of amides is 2. The van der Waals surface area contributed by atoms with E-state index in [9.17, 15) is 9.59 Å². The molecule has 2 amide bonds. The van der Waals surface area contributed by atoms with Crippen LogP contribution in [0.2, 0.25) is 0 Å². The number of nitrogens with one attached hydrogen (secondary N) is 1. The second kappa shape index (κ2) is 11.3. The summed E-state index contributed by atoms with van der Waals surface area (Å²) in [7, 11) is 1.60. The molecule has 178 valence electrons. The molecule has 2 aliphatic rings. The van der Waals surface area contributed by atoms with Gasteiger partial charge in [-0.15, -0.1) is 0 Å². The molecule has 0 radical (unpaired) electrons. The molecule has 0 unspecified atom stereocenters. The Balaban J connectivity index is 1.38. The maximum absolute atomic E-state index is 13.2. The van der Waals surface area contributed by atoms with Crippen LogP contribution < -0.4 is 10.1 Å². The maximum Gasteiger partial charge on any atom is 0.276 e. The minimum atomic E-state index is -0.277. The van der Waals surface area contributed by atoms with Crippen molar-refractivity contribution in [3.05, 3.63) is 36.0 Å². The van der Waals surface area contributed by atoms with E-state index in [0.29, 0.717) is 25.5 Å². The van der Waals surface area contributed by atoms with Crippen molar-refractivity contribution in [1.29, 1.82) is 0 Å². The smallest absolute Gasteiger partial charge is 0.276 e. The Morgan fingerprint density at radius 3 is 2.52 bits per heavy atom. The predicted molar refractivity (Wildman–Crippen MR) is 120 cm³/mol. The normalized spacial score (nSPS) is 20.0. The van der Waals surface area contributed by atoms with Crippen molar-refractivity contribution in [1.82, 2.24) is 15.4 Å². The SMILES string of the molecule is COc1ccc(-c2cc(C(=O)N(CCC(=O)NC[C@@H]3CCCO3)C[C@H]3CCCO3)no2)cc1. The first-order chi connectivity index (χ1) is 16.1. The van der Waals surface area contributed by atoms with Crippen molar-refractivity contribution >= 4 is 11.8 Å². The molecule has 2 aliphatic heterocycles. The topological polar surface area (TPSA) is 103 Å². The molecule has 2 aromatic rings. The van der Waals surface area contributed by atoms with E-state index in [4.69, 9.17) is 18.7 Å². The average molecular weight is 458 g/mol. The van der Waals surface area contributed by atoms with Gasteiger partial charge in [0.05, 0.1) is 19.3 Å². The molecular weight excluding hydrogens is 426 g/mol. The minimum Gasteiger partial charge on any atom is -0.497 e. The zero-order valence-corrected chi connectivity index (χ0v) is 19.0. The molecule has 2 saturated heterocycles. The summed E-state index contributed by atoms with van der Waals surface area (Å²) in [5.74, 6) is 0.845. The third kappa shape index (κ3) is 6.33. The summed E-state index contributed by atoms with van der Waals surface area (Å²) in [4.78, 5) is 27.2. The molecule has 9 nitrogen and oxygen atoms in total. The van der Waals surface area contributed by atoms with Gasteiger partial charge in [0.2, 0.25) is 5.91 Å². The lowest BCUT2D eigenvalue weighted by Crippen LogP contribution is -2.40. The number of benzene rings is 1. The van der Waals surface area contributed by atoms with Gasteiger partial charge in [-0.05, 0) is 49.9 Å². The summed E-state index contributed by atoms with van der Waals surface area (Å²) < 4.78 is 21.9. The van der Waals surface area contributed by atoms with Gasteiger partial charge in [-0.1, -0.05) is 5.16 Å². The van der Waals surface area contributed by atoms with Crippen LogP contribution in [0.15, 0.2) is 34.9 Å². The highest BCUT2D eigenvalue weighted by Gasteiger charge is 2.26. The van der Waals surface area contributed by atoms with Crippen LogP contribution in [0.5, 0.6) is 5.75 Å². The molecular formula is C24H31N3O6. The van der Waals surface area contributed by atoms with Gasteiger partial charge in [0, 0.05) is 50.9 Å². The first-order valence-corrected chi connectivity index (χ1v) is 11.5. The standard InChI is InChI=1S/C24H31N3O6/c1-30-18-8-6-17(7-9-18)22-14-21(26-33-22)24(29)27(16-20-5-3-13-32-20)11-10-23(28)25-15-19-4-2-12-31-19/h6-9,14,19-20H,2-5,10-13,15-16H2,1H3,(H,25,28)/t19-,20+/m0/s1. The number of hydrogen-bond acceptors (Lipinski definition) is 7. The molecule has 33 heavy (non-hydrogen) atoms. The summed E-state index contributed by atoms with van der Waals surface area (Å²) in [5, 5.41) is 6.90. The number of rotatable bonds is 10. The van der Waals surface area contributed by atoms with E-state index in [2.05, 4.69) is 10.5 Å². The van der Waals surface area contributed by atoms with Gasteiger partial charge in [-0.25, -0.2) is 0 Å². The highest BCUT2D eigenvalue weighted by atomic mass is 16.5. The number of nitrogens with zero attached hydrogens (tertiary/aromatic N) is 2. The molecule has 1 aromatic carbocycles. The molecule has 0 saturated carbocycles. The van der Waals surface area contributed by atoms with Crippen LogP contribution in [-0.4, -0.2) is 74.0 Å². The van der Waals surface area contributed by atoms with E-state index < -0.39 is 0 Å². The van der Waals surface area contributed by atoms with Gasteiger partial charge < -0.3 is 29.0 Å². The predicted octanol–water partition coefficient (Wildman–Crippen LogP) is 2.66. The van der Waals surface area contributed by atoms with Gasteiger partial charge in [0.1, 0.15) is 5.75 Å². The summed E-state index contributed by atoms with van der Waals surface area (Å²) in [6, 6.07) is 8.95. The largest absolute Gasteiger partial charge is 0.497 e. The zero-order chi connectivity index (χ0) is 23.0.